The zero-order valence-electron chi connectivity index (χ0n) is 12.6. The van der Waals surface area contributed by atoms with Gasteiger partial charge in [0.1, 0.15) is 5.82 Å². The highest BCUT2D eigenvalue weighted by atomic mass is 19.1. The van der Waals surface area contributed by atoms with Crippen LogP contribution in [0.1, 0.15) is 30.9 Å². The summed E-state index contributed by atoms with van der Waals surface area (Å²) in [5, 5.41) is 3.54. The normalized spacial score (nSPS) is 17.4. The number of halogens is 1. The first-order chi connectivity index (χ1) is 9.54. The molecule has 1 saturated heterocycles. The van der Waals surface area contributed by atoms with Crippen molar-refractivity contribution in [1.29, 1.82) is 0 Å². The first kappa shape index (κ1) is 15.2. The van der Waals surface area contributed by atoms with E-state index < -0.39 is 0 Å². The minimum absolute atomic E-state index is 0.111. The molecule has 110 valence electrons. The average Bonchev–Trinajstić information content (AvgIpc) is 2.41. The third-order valence-corrected chi connectivity index (χ3v) is 3.91. The Bertz CT molecular complexity index is 462. The molecule has 1 aliphatic rings. The second-order valence-corrected chi connectivity index (χ2v) is 5.97. The Morgan fingerprint density at radius 2 is 2.10 bits per heavy atom. The molecule has 0 amide bonds. The van der Waals surface area contributed by atoms with E-state index in [0.29, 0.717) is 11.6 Å². The molecule has 1 aromatic rings. The van der Waals surface area contributed by atoms with Crippen LogP contribution in [0.15, 0.2) is 30.4 Å². The standard InChI is InChI=1S/C17H25FN2/c1-13(2)12-20-8-6-16(7-9-20)19-11-15-5-4-14(3)17(18)10-15/h4-5,10,16,19H,1,6-9,11-12H2,2-3H3. The fourth-order valence-electron chi connectivity index (χ4n) is 2.69. The first-order valence-corrected chi connectivity index (χ1v) is 7.40. The monoisotopic (exact) mass is 276 g/mol. The lowest BCUT2D eigenvalue weighted by Gasteiger charge is -2.32. The van der Waals surface area contributed by atoms with Gasteiger partial charge in [-0.3, -0.25) is 4.90 Å². The summed E-state index contributed by atoms with van der Waals surface area (Å²) in [7, 11) is 0. The van der Waals surface area contributed by atoms with Gasteiger partial charge in [-0.2, -0.15) is 0 Å². The predicted molar refractivity (Wildman–Crippen MR) is 82.3 cm³/mol. The van der Waals surface area contributed by atoms with Gasteiger partial charge in [0.2, 0.25) is 0 Å². The molecule has 1 aliphatic heterocycles. The SMILES string of the molecule is C=C(C)CN1CCC(NCc2ccc(C)c(F)c2)CC1. The van der Waals surface area contributed by atoms with Crippen LogP contribution in [0.5, 0.6) is 0 Å². The highest BCUT2D eigenvalue weighted by Crippen LogP contribution is 2.13. The van der Waals surface area contributed by atoms with Crippen molar-refractivity contribution in [2.75, 3.05) is 19.6 Å². The lowest BCUT2D eigenvalue weighted by molar-refractivity contribution is 0.211. The van der Waals surface area contributed by atoms with Crippen molar-refractivity contribution in [1.82, 2.24) is 10.2 Å². The predicted octanol–water partition coefficient (Wildman–Crippen LogP) is 3.26. The number of piperidine rings is 1. The summed E-state index contributed by atoms with van der Waals surface area (Å²) in [5.74, 6) is -0.111. The van der Waals surface area contributed by atoms with E-state index in [-0.39, 0.29) is 5.82 Å². The Morgan fingerprint density at radius 1 is 1.40 bits per heavy atom. The minimum Gasteiger partial charge on any atom is -0.310 e. The lowest BCUT2D eigenvalue weighted by atomic mass is 10.0. The molecule has 0 saturated carbocycles. The number of rotatable bonds is 5. The highest BCUT2D eigenvalue weighted by molar-refractivity contribution is 5.23. The van der Waals surface area contributed by atoms with Crippen LogP contribution in [0.3, 0.4) is 0 Å². The van der Waals surface area contributed by atoms with Crippen molar-refractivity contribution in [3.63, 3.8) is 0 Å². The summed E-state index contributed by atoms with van der Waals surface area (Å²) in [6.45, 7) is 11.8. The summed E-state index contributed by atoms with van der Waals surface area (Å²) in [6.07, 6.45) is 2.31. The van der Waals surface area contributed by atoms with Gasteiger partial charge >= 0.3 is 0 Å². The van der Waals surface area contributed by atoms with E-state index in [1.54, 1.807) is 13.0 Å². The number of benzene rings is 1. The molecule has 3 heteroatoms. The maximum Gasteiger partial charge on any atom is 0.126 e. The lowest BCUT2D eigenvalue weighted by Crippen LogP contribution is -2.42. The Kier molecular flexibility index (Phi) is 5.32. The van der Waals surface area contributed by atoms with Crippen molar-refractivity contribution >= 4 is 0 Å². The maximum atomic E-state index is 13.5. The van der Waals surface area contributed by atoms with E-state index in [2.05, 4.69) is 23.7 Å². The molecule has 0 aromatic heterocycles. The van der Waals surface area contributed by atoms with Gasteiger partial charge in [0.15, 0.2) is 0 Å². The number of aryl methyl sites for hydroxylation is 1. The highest BCUT2D eigenvalue weighted by Gasteiger charge is 2.18. The largest absolute Gasteiger partial charge is 0.310 e. The van der Waals surface area contributed by atoms with Crippen LogP contribution in [0.25, 0.3) is 0 Å². The van der Waals surface area contributed by atoms with Gasteiger partial charge in [-0.15, -0.1) is 0 Å². The van der Waals surface area contributed by atoms with Crippen molar-refractivity contribution < 1.29 is 4.39 Å². The third-order valence-electron chi connectivity index (χ3n) is 3.91. The molecular formula is C17H25FN2. The molecule has 0 spiro atoms. The number of nitrogens with zero attached hydrogens (tertiary/aromatic N) is 1. The summed E-state index contributed by atoms with van der Waals surface area (Å²) in [6, 6.07) is 6.03. The van der Waals surface area contributed by atoms with Crippen LogP contribution in [-0.2, 0) is 6.54 Å². The van der Waals surface area contributed by atoms with Crippen LogP contribution in [0.4, 0.5) is 4.39 Å². The van der Waals surface area contributed by atoms with E-state index >= 15 is 0 Å². The Hall–Kier alpha value is -1.19. The maximum absolute atomic E-state index is 13.5. The summed E-state index contributed by atoms with van der Waals surface area (Å²) in [4.78, 5) is 2.45. The van der Waals surface area contributed by atoms with Crippen LogP contribution in [-0.4, -0.2) is 30.6 Å². The van der Waals surface area contributed by atoms with E-state index in [1.165, 1.54) is 5.57 Å². The quantitative estimate of drug-likeness (QED) is 0.830. The molecule has 1 heterocycles. The molecule has 1 aromatic carbocycles. The molecule has 1 fully saturated rings. The minimum atomic E-state index is -0.111. The third kappa shape index (κ3) is 4.43. The zero-order valence-corrected chi connectivity index (χ0v) is 12.6. The molecule has 0 aliphatic carbocycles. The van der Waals surface area contributed by atoms with Crippen LogP contribution < -0.4 is 5.32 Å². The van der Waals surface area contributed by atoms with Gasteiger partial charge in [0.05, 0.1) is 0 Å². The average molecular weight is 276 g/mol. The smallest absolute Gasteiger partial charge is 0.126 e. The van der Waals surface area contributed by atoms with Crippen molar-refractivity contribution in [3.8, 4) is 0 Å². The van der Waals surface area contributed by atoms with Crippen LogP contribution >= 0.6 is 0 Å². The van der Waals surface area contributed by atoms with Crippen molar-refractivity contribution in [2.24, 2.45) is 0 Å². The molecule has 0 unspecified atom stereocenters. The van der Waals surface area contributed by atoms with Gasteiger partial charge < -0.3 is 5.32 Å². The Balaban J connectivity index is 1.75. The summed E-state index contributed by atoms with van der Waals surface area (Å²) in [5.41, 5.74) is 2.96. The van der Waals surface area contributed by atoms with Crippen LogP contribution in [0, 0.1) is 12.7 Å². The Labute approximate surface area is 121 Å². The molecule has 0 atom stereocenters. The van der Waals surface area contributed by atoms with E-state index in [4.69, 9.17) is 0 Å². The first-order valence-electron chi connectivity index (χ1n) is 7.40. The van der Waals surface area contributed by atoms with Crippen molar-refractivity contribution in [3.05, 3.63) is 47.3 Å². The summed E-state index contributed by atoms with van der Waals surface area (Å²) < 4.78 is 13.5. The van der Waals surface area contributed by atoms with E-state index in [9.17, 15) is 4.39 Å². The number of nitrogens with one attached hydrogen (secondary N) is 1. The second kappa shape index (κ2) is 7.00. The molecule has 20 heavy (non-hydrogen) atoms. The summed E-state index contributed by atoms with van der Waals surface area (Å²) >= 11 is 0. The van der Waals surface area contributed by atoms with Crippen molar-refractivity contribution in [2.45, 2.75) is 39.3 Å². The number of hydrogen-bond acceptors (Lipinski definition) is 2. The molecular weight excluding hydrogens is 251 g/mol. The fourth-order valence-corrected chi connectivity index (χ4v) is 2.69. The molecule has 2 rings (SSSR count). The van der Waals surface area contributed by atoms with Gasteiger partial charge in [-0.25, -0.2) is 4.39 Å². The molecule has 1 N–H and O–H groups in total. The number of hydrogen-bond donors (Lipinski definition) is 1. The van der Waals surface area contributed by atoms with E-state index in [1.807, 2.05) is 12.1 Å². The van der Waals surface area contributed by atoms with Crippen LogP contribution in [0.2, 0.25) is 0 Å². The molecule has 2 nitrogen and oxygen atoms in total. The van der Waals surface area contributed by atoms with Gasteiger partial charge in [0.25, 0.3) is 0 Å². The molecule has 0 bridgehead atoms. The topological polar surface area (TPSA) is 15.3 Å². The number of likely N-dealkylation sites (tertiary alicyclic amines) is 1. The fraction of sp³-hybridized carbons (Fsp3) is 0.529. The van der Waals surface area contributed by atoms with E-state index in [0.717, 1.165) is 44.6 Å². The zero-order chi connectivity index (χ0) is 14.5. The molecule has 0 radical (unpaired) electrons. The second-order valence-electron chi connectivity index (χ2n) is 5.97. The van der Waals surface area contributed by atoms with Gasteiger partial charge in [-0.1, -0.05) is 24.3 Å². The van der Waals surface area contributed by atoms with Gasteiger partial charge in [0, 0.05) is 19.1 Å². The Morgan fingerprint density at radius 3 is 2.70 bits per heavy atom. The van der Waals surface area contributed by atoms with Gasteiger partial charge in [-0.05, 0) is 57.0 Å².